The molecule has 1 heterocycles. The van der Waals surface area contributed by atoms with Crippen LogP contribution in [0, 0.1) is 13.8 Å². The van der Waals surface area contributed by atoms with E-state index in [0.717, 1.165) is 16.3 Å². The minimum Gasteiger partial charge on any atom is -0.314 e. The zero-order valence-electron chi connectivity index (χ0n) is 11.6. The molecule has 0 fully saturated rings. The molecule has 0 unspecified atom stereocenters. The lowest BCUT2D eigenvalue weighted by atomic mass is 10.1. The second-order valence-electron chi connectivity index (χ2n) is 4.95. The van der Waals surface area contributed by atoms with Crippen LogP contribution in [0.1, 0.15) is 11.3 Å². The quantitative estimate of drug-likeness (QED) is 0.591. The molecule has 2 aromatic carbocycles. The topological polar surface area (TPSA) is 4.93 Å². The van der Waals surface area contributed by atoms with Crippen molar-refractivity contribution in [1.29, 1.82) is 0 Å². The van der Waals surface area contributed by atoms with Gasteiger partial charge in [0.2, 0.25) is 0 Å². The van der Waals surface area contributed by atoms with Gasteiger partial charge in [0.15, 0.2) is 0 Å². The molecule has 0 radical (unpaired) electrons. The summed E-state index contributed by atoms with van der Waals surface area (Å²) in [5.74, 6) is 0. The summed E-state index contributed by atoms with van der Waals surface area (Å²) in [5.41, 5.74) is 5.84. The maximum absolute atomic E-state index is 6.27. The third kappa shape index (κ3) is 2.14. The number of nitrogens with zero attached hydrogens (tertiary/aromatic N) is 1. The standard InChI is InChI=1S/C18H16ClN/c1-13-11-12-18(15-7-4-3-5-8-15)20(13)17-10-6-9-16(19)14(17)2/h3-12H,1-2H3. The molecule has 0 amide bonds. The highest BCUT2D eigenvalue weighted by molar-refractivity contribution is 6.31. The summed E-state index contributed by atoms with van der Waals surface area (Å²) in [7, 11) is 0. The zero-order chi connectivity index (χ0) is 14.1. The second-order valence-corrected chi connectivity index (χ2v) is 5.35. The van der Waals surface area contributed by atoms with E-state index in [-0.39, 0.29) is 0 Å². The van der Waals surface area contributed by atoms with E-state index in [9.17, 15) is 0 Å². The van der Waals surface area contributed by atoms with Gasteiger partial charge in [-0.3, -0.25) is 0 Å². The average Bonchev–Trinajstić information content (AvgIpc) is 2.85. The van der Waals surface area contributed by atoms with Crippen LogP contribution in [0.4, 0.5) is 0 Å². The van der Waals surface area contributed by atoms with Gasteiger partial charge in [0.25, 0.3) is 0 Å². The fraction of sp³-hybridized carbons (Fsp3) is 0.111. The predicted molar refractivity (Wildman–Crippen MR) is 85.7 cm³/mol. The zero-order valence-corrected chi connectivity index (χ0v) is 12.4. The number of benzene rings is 2. The molecular weight excluding hydrogens is 266 g/mol. The van der Waals surface area contributed by atoms with Crippen molar-refractivity contribution in [2.45, 2.75) is 13.8 Å². The Balaban J connectivity index is 2.25. The third-order valence-electron chi connectivity index (χ3n) is 3.63. The van der Waals surface area contributed by atoms with E-state index in [1.165, 1.54) is 17.0 Å². The Bertz CT molecular complexity index is 741. The SMILES string of the molecule is Cc1c(Cl)cccc1-n1c(C)ccc1-c1ccccc1. The van der Waals surface area contributed by atoms with Crippen LogP contribution in [0.2, 0.25) is 5.02 Å². The van der Waals surface area contributed by atoms with Gasteiger partial charge in [-0.05, 0) is 49.2 Å². The molecule has 20 heavy (non-hydrogen) atoms. The van der Waals surface area contributed by atoms with Crippen molar-refractivity contribution >= 4 is 11.6 Å². The molecule has 3 aromatic rings. The fourth-order valence-electron chi connectivity index (χ4n) is 2.53. The van der Waals surface area contributed by atoms with E-state index in [2.05, 4.69) is 60.9 Å². The maximum Gasteiger partial charge on any atom is 0.0531 e. The summed E-state index contributed by atoms with van der Waals surface area (Å²) in [4.78, 5) is 0. The Labute approximate surface area is 124 Å². The van der Waals surface area contributed by atoms with E-state index in [4.69, 9.17) is 11.6 Å². The highest BCUT2D eigenvalue weighted by Crippen LogP contribution is 2.30. The van der Waals surface area contributed by atoms with Gasteiger partial charge in [0.1, 0.15) is 0 Å². The molecule has 0 bridgehead atoms. The molecule has 1 nitrogen and oxygen atoms in total. The van der Waals surface area contributed by atoms with Gasteiger partial charge in [0, 0.05) is 10.7 Å². The summed E-state index contributed by atoms with van der Waals surface area (Å²) in [6, 6.07) is 20.8. The largest absolute Gasteiger partial charge is 0.314 e. The summed E-state index contributed by atoms with van der Waals surface area (Å²) in [5, 5.41) is 0.801. The molecule has 0 aliphatic rings. The van der Waals surface area contributed by atoms with Gasteiger partial charge in [-0.2, -0.15) is 0 Å². The monoisotopic (exact) mass is 281 g/mol. The molecule has 0 saturated heterocycles. The highest BCUT2D eigenvalue weighted by atomic mass is 35.5. The molecular formula is C18H16ClN. The Hall–Kier alpha value is -1.99. The van der Waals surface area contributed by atoms with Crippen molar-refractivity contribution in [1.82, 2.24) is 4.57 Å². The normalized spacial score (nSPS) is 10.8. The Morgan fingerprint density at radius 3 is 2.30 bits per heavy atom. The minimum atomic E-state index is 0.801. The van der Waals surface area contributed by atoms with Crippen molar-refractivity contribution < 1.29 is 0 Å². The van der Waals surface area contributed by atoms with Gasteiger partial charge >= 0.3 is 0 Å². The van der Waals surface area contributed by atoms with E-state index in [1.54, 1.807) is 0 Å². The summed E-state index contributed by atoms with van der Waals surface area (Å²) >= 11 is 6.27. The van der Waals surface area contributed by atoms with Crippen molar-refractivity contribution in [3.8, 4) is 16.9 Å². The summed E-state index contributed by atoms with van der Waals surface area (Å²) in [6.07, 6.45) is 0. The van der Waals surface area contributed by atoms with Gasteiger partial charge in [-0.15, -0.1) is 0 Å². The van der Waals surface area contributed by atoms with Crippen LogP contribution in [0.15, 0.2) is 60.7 Å². The van der Waals surface area contributed by atoms with Gasteiger partial charge in [0.05, 0.1) is 11.4 Å². The van der Waals surface area contributed by atoms with Crippen LogP contribution in [-0.2, 0) is 0 Å². The number of rotatable bonds is 2. The lowest BCUT2D eigenvalue weighted by Crippen LogP contribution is -2.01. The van der Waals surface area contributed by atoms with E-state index in [1.807, 2.05) is 18.2 Å². The first kappa shape index (κ1) is 13.0. The first-order valence-corrected chi connectivity index (χ1v) is 7.05. The van der Waals surface area contributed by atoms with Gasteiger partial charge < -0.3 is 4.57 Å². The van der Waals surface area contributed by atoms with Crippen LogP contribution >= 0.6 is 11.6 Å². The van der Waals surface area contributed by atoms with Crippen LogP contribution in [0.5, 0.6) is 0 Å². The Morgan fingerprint density at radius 1 is 0.800 bits per heavy atom. The van der Waals surface area contributed by atoms with Crippen molar-refractivity contribution in [2.75, 3.05) is 0 Å². The van der Waals surface area contributed by atoms with E-state index in [0.29, 0.717) is 0 Å². The van der Waals surface area contributed by atoms with Crippen LogP contribution in [0.3, 0.4) is 0 Å². The molecule has 0 saturated carbocycles. The molecule has 0 spiro atoms. The predicted octanol–water partition coefficient (Wildman–Crippen LogP) is 5.41. The maximum atomic E-state index is 6.27. The first-order chi connectivity index (χ1) is 9.68. The van der Waals surface area contributed by atoms with Gasteiger partial charge in [-0.1, -0.05) is 48.0 Å². The molecule has 1 aromatic heterocycles. The van der Waals surface area contributed by atoms with E-state index < -0.39 is 0 Å². The summed E-state index contributed by atoms with van der Waals surface area (Å²) < 4.78 is 2.26. The van der Waals surface area contributed by atoms with Crippen LogP contribution < -0.4 is 0 Å². The van der Waals surface area contributed by atoms with Crippen molar-refractivity contribution in [3.05, 3.63) is 76.9 Å². The van der Waals surface area contributed by atoms with E-state index >= 15 is 0 Å². The molecule has 3 rings (SSSR count). The molecule has 100 valence electrons. The van der Waals surface area contributed by atoms with Crippen LogP contribution in [0.25, 0.3) is 16.9 Å². The summed E-state index contributed by atoms with van der Waals surface area (Å²) in [6.45, 7) is 4.18. The van der Waals surface area contributed by atoms with Gasteiger partial charge in [-0.25, -0.2) is 0 Å². The Morgan fingerprint density at radius 2 is 1.55 bits per heavy atom. The molecule has 0 N–H and O–H groups in total. The highest BCUT2D eigenvalue weighted by Gasteiger charge is 2.12. The smallest absolute Gasteiger partial charge is 0.0531 e. The number of aryl methyl sites for hydroxylation is 1. The fourth-order valence-corrected chi connectivity index (χ4v) is 2.70. The lowest BCUT2D eigenvalue weighted by molar-refractivity contribution is 1.01. The van der Waals surface area contributed by atoms with Crippen LogP contribution in [-0.4, -0.2) is 4.57 Å². The molecule has 0 aliphatic carbocycles. The first-order valence-electron chi connectivity index (χ1n) is 6.68. The van der Waals surface area contributed by atoms with Crippen molar-refractivity contribution in [2.24, 2.45) is 0 Å². The molecule has 2 heteroatoms. The number of hydrogen-bond donors (Lipinski definition) is 0. The number of hydrogen-bond acceptors (Lipinski definition) is 0. The average molecular weight is 282 g/mol. The molecule has 0 aliphatic heterocycles. The molecule has 0 atom stereocenters. The Kier molecular flexibility index (Phi) is 3.37. The third-order valence-corrected chi connectivity index (χ3v) is 4.04. The number of aromatic nitrogens is 1. The second kappa shape index (κ2) is 5.18. The minimum absolute atomic E-state index is 0.801. The lowest BCUT2D eigenvalue weighted by Gasteiger charge is -2.15. The van der Waals surface area contributed by atoms with Crippen molar-refractivity contribution in [3.63, 3.8) is 0 Å². The number of halogens is 1.